The number of rotatable bonds is 2. The maximum atomic E-state index is 12.1. The Morgan fingerprint density at radius 1 is 1.33 bits per heavy atom. The van der Waals surface area contributed by atoms with E-state index in [9.17, 15) is 4.79 Å². The standard InChI is InChI=1S/C11H13N5O2/c1-3-15-4-5-16-9(8-7(2)18-6-12-8)13-14-10(16)11(15)17/h6H,3-5H2,1-2H3. The second-order valence-electron chi connectivity index (χ2n) is 4.14. The van der Waals surface area contributed by atoms with Crippen LogP contribution in [0.3, 0.4) is 0 Å². The van der Waals surface area contributed by atoms with Gasteiger partial charge in [0.2, 0.25) is 5.82 Å². The van der Waals surface area contributed by atoms with Crippen molar-refractivity contribution in [3.8, 4) is 11.5 Å². The molecule has 0 atom stereocenters. The van der Waals surface area contributed by atoms with E-state index < -0.39 is 0 Å². The average Bonchev–Trinajstić information content (AvgIpc) is 2.96. The highest BCUT2D eigenvalue weighted by atomic mass is 16.3. The van der Waals surface area contributed by atoms with Crippen molar-refractivity contribution in [1.82, 2.24) is 24.6 Å². The molecule has 18 heavy (non-hydrogen) atoms. The van der Waals surface area contributed by atoms with Gasteiger partial charge in [-0.3, -0.25) is 9.36 Å². The molecule has 0 unspecified atom stereocenters. The number of oxazole rings is 1. The Labute approximate surface area is 103 Å². The summed E-state index contributed by atoms with van der Waals surface area (Å²) in [7, 11) is 0. The maximum absolute atomic E-state index is 12.1. The van der Waals surface area contributed by atoms with Crippen LogP contribution in [0.15, 0.2) is 10.8 Å². The van der Waals surface area contributed by atoms with Crippen molar-refractivity contribution >= 4 is 5.91 Å². The summed E-state index contributed by atoms with van der Waals surface area (Å²) in [6.07, 6.45) is 1.37. The number of aromatic nitrogens is 4. The molecule has 3 rings (SSSR count). The third-order valence-electron chi connectivity index (χ3n) is 3.16. The molecular weight excluding hydrogens is 234 g/mol. The van der Waals surface area contributed by atoms with E-state index in [0.717, 1.165) is 0 Å². The molecule has 2 aromatic rings. The molecule has 0 bridgehead atoms. The first kappa shape index (κ1) is 10.9. The summed E-state index contributed by atoms with van der Waals surface area (Å²) in [5, 5.41) is 8.04. The highest BCUT2D eigenvalue weighted by molar-refractivity contribution is 5.92. The van der Waals surface area contributed by atoms with Crippen molar-refractivity contribution in [3.05, 3.63) is 18.0 Å². The summed E-state index contributed by atoms with van der Waals surface area (Å²) in [5.74, 6) is 1.57. The molecule has 7 nitrogen and oxygen atoms in total. The molecule has 94 valence electrons. The number of carbonyl (C=O) groups is 1. The Kier molecular flexibility index (Phi) is 2.39. The third-order valence-corrected chi connectivity index (χ3v) is 3.16. The molecule has 1 aliphatic rings. The zero-order valence-electron chi connectivity index (χ0n) is 10.3. The highest BCUT2D eigenvalue weighted by Gasteiger charge is 2.29. The number of amides is 1. The van der Waals surface area contributed by atoms with Crippen molar-refractivity contribution in [2.45, 2.75) is 20.4 Å². The summed E-state index contributed by atoms with van der Waals surface area (Å²) in [6, 6.07) is 0. The first-order chi connectivity index (χ1) is 8.72. The summed E-state index contributed by atoms with van der Waals surface area (Å²) in [5.41, 5.74) is 0.645. The van der Waals surface area contributed by atoms with Crippen LogP contribution in [0.4, 0.5) is 0 Å². The minimum absolute atomic E-state index is 0.0800. The van der Waals surface area contributed by atoms with Crippen LogP contribution in [0.2, 0.25) is 0 Å². The van der Waals surface area contributed by atoms with Gasteiger partial charge in [0.15, 0.2) is 12.2 Å². The zero-order valence-corrected chi connectivity index (χ0v) is 10.3. The summed E-state index contributed by atoms with van der Waals surface area (Å²) >= 11 is 0. The van der Waals surface area contributed by atoms with Crippen molar-refractivity contribution in [3.63, 3.8) is 0 Å². The minimum Gasteiger partial charge on any atom is -0.448 e. The molecule has 1 aliphatic heterocycles. The largest absolute Gasteiger partial charge is 0.448 e. The Bertz CT molecular complexity index is 600. The smallest absolute Gasteiger partial charge is 0.291 e. The van der Waals surface area contributed by atoms with E-state index in [0.29, 0.717) is 42.7 Å². The van der Waals surface area contributed by atoms with Gasteiger partial charge in [-0.1, -0.05) is 0 Å². The van der Waals surface area contributed by atoms with Gasteiger partial charge in [0.1, 0.15) is 11.5 Å². The van der Waals surface area contributed by atoms with Gasteiger partial charge in [-0.25, -0.2) is 4.98 Å². The molecule has 2 aromatic heterocycles. The Morgan fingerprint density at radius 3 is 2.78 bits per heavy atom. The van der Waals surface area contributed by atoms with Crippen molar-refractivity contribution in [2.75, 3.05) is 13.1 Å². The molecule has 0 saturated carbocycles. The number of hydrogen-bond donors (Lipinski definition) is 0. The molecule has 0 N–H and O–H groups in total. The van der Waals surface area contributed by atoms with Crippen LogP contribution in [0.25, 0.3) is 11.5 Å². The normalized spacial score (nSPS) is 15.0. The SMILES string of the molecule is CCN1CCn2c(nnc2-c2ncoc2C)C1=O. The monoisotopic (exact) mass is 247 g/mol. The maximum Gasteiger partial charge on any atom is 0.291 e. The number of nitrogens with zero attached hydrogens (tertiary/aromatic N) is 5. The van der Waals surface area contributed by atoms with E-state index in [2.05, 4.69) is 15.2 Å². The predicted octanol–water partition coefficient (Wildman–Crippen LogP) is 0.717. The fourth-order valence-electron chi connectivity index (χ4n) is 2.13. The molecule has 0 aliphatic carbocycles. The van der Waals surface area contributed by atoms with Gasteiger partial charge in [-0.15, -0.1) is 10.2 Å². The van der Waals surface area contributed by atoms with Gasteiger partial charge in [-0.05, 0) is 13.8 Å². The molecule has 0 radical (unpaired) electrons. The van der Waals surface area contributed by atoms with Gasteiger partial charge in [0.25, 0.3) is 5.91 Å². The first-order valence-corrected chi connectivity index (χ1v) is 5.85. The van der Waals surface area contributed by atoms with Crippen molar-refractivity contribution in [1.29, 1.82) is 0 Å². The second-order valence-corrected chi connectivity index (χ2v) is 4.14. The summed E-state index contributed by atoms with van der Waals surface area (Å²) in [6.45, 7) is 5.80. The van der Waals surface area contributed by atoms with E-state index in [1.807, 2.05) is 13.8 Å². The topological polar surface area (TPSA) is 77.1 Å². The van der Waals surface area contributed by atoms with Gasteiger partial charge in [0.05, 0.1) is 0 Å². The summed E-state index contributed by atoms with van der Waals surface area (Å²) < 4.78 is 6.97. The second kappa shape index (κ2) is 3.94. The molecule has 0 fully saturated rings. The predicted molar refractivity (Wildman–Crippen MR) is 61.8 cm³/mol. The van der Waals surface area contributed by atoms with E-state index >= 15 is 0 Å². The molecule has 7 heteroatoms. The van der Waals surface area contributed by atoms with Crippen LogP contribution < -0.4 is 0 Å². The Hall–Kier alpha value is -2.18. The van der Waals surface area contributed by atoms with Crippen LogP contribution in [-0.4, -0.2) is 43.6 Å². The molecule has 1 amide bonds. The zero-order chi connectivity index (χ0) is 12.7. The van der Waals surface area contributed by atoms with E-state index in [4.69, 9.17) is 4.42 Å². The number of fused-ring (bicyclic) bond motifs is 1. The Balaban J connectivity index is 2.07. The lowest BCUT2D eigenvalue weighted by Gasteiger charge is -2.25. The quantitative estimate of drug-likeness (QED) is 0.781. The van der Waals surface area contributed by atoms with E-state index in [-0.39, 0.29) is 5.91 Å². The summed E-state index contributed by atoms with van der Waals surface area (Å²) in [4.78, 5) is 17.9. The van der Waals surface area contributed by atoms with Gasteiger partial charge in [-0.2, -0.15) is 0 Å². The highest BCUT2D eigenvalue weighted by Crippen LogP contribution is 2.22. The van der Waals surface area contributed by atoms with Crippen LogP contribution in [-0.2, 0) is 6.54 Å². The lowest BCUT2D eigenvalue weighted by atomic mass is 10.3. The van der Waals surface area contributed by atoms with E-state index in [1.54, 1.807) is 9.47 Å². The molecule has 0 saturated heterocycles. The van der Waals surface area contributed by atoms with Crippen LogP contribution >= 0.6 is 0 Å². The number of aryl methyl sites for hydroxylation is 1. The van der Waals surface area contributed by atoms with Crippen LogP contribution in [0, 0.1) is 6.92 Å². The lowest BCUT2D eigenvalue weighted by molar-refractivity contribution is 0.0707. The third kappa shape index (κ3) is 1.43. The van der Waals surface area contributed by atoms with Crippen molar-refractivity contribution < 1.29 is 9.21 Å². The fraction of sp³-hybridized carbons (Fsp3) is 0.455. The lowest BCUT2D eigenvalue weighted by Crippen LogP contribution is -2.40. The van der Waals surface area contributed by atoms with E-state index in [1.165, 1.54) is 6.39 Å². The molecule has 3 heterocycles. The minimum atomic E-state index is -0.0800. The number of hydrogen-bond acceptors (Lipinski definition) is 5. The van der Waals surface area contributed by atoms with Crippen LogP contribution in [0.1, 0.15) is 23.3 Å². The number of carbonyl (C=O) groups excluding carboxylic acids is 1. The first-order valence-electron chi connectivity index (χ1n) is 5.85. The number of likely N-dealkylation sites (N-methyl/N-ethyl adjacent to an activating group) is 1. The van der Waals surface area contributed by atoms with Gasteiger partial charge >= 0.3 is 0 Å². The molecule has 0 spiro atoms. The molecular formula is C11H13N5O2. The Morgan fingerprint density at radius 2 is 2.11 bits per heavy atom. The van der Waals surface area contributed by atoms with Gasteiger partial charge in [0, 0.05) is 19.6 Å². The van der Waals surface area contributed by atoms with Crippen LogP contribution in [0.5, 0.6) is 0 Å². The van der Waals surface area contributed by atoms with Crippen molar-refractivity contribution in [2.24, 2.45) is 0 Å². The average molecular weight is 247 g/mol. The van der Waals surface area contributed by atoms with Gasteiger partial charge < -0.3 is 9.32 Å². The fourth-order valence-corrected chi connectivity index (χ4v) is 2.13. The molecule has 0 aromatic carbocycles.